The van der Waals surface area contributed by atoms with Crippen molar-refractivity contribution in [2.45, 2.75) is 25.9 Å². The molecule has 3 rings (SSSR count). The number of hydrogen-bond donors (Lipinski definition) is 2. The summed E-state index contributed by atoms with van der Waals surface area (Å²) in [5.41, 5.74) is 2.04. The Morgan fingerprint density at radius 3 is 2.46 bits per heavy atom. The molecule has 0 atom stereocenters. The first-order valence-electron chi connectivity index (χ1n) is 8.63. The third-order valence-corrected chi connectivity index (χ3v) is 4.27. The first-order chi connectivity index (χ1) is 12.2. The van der Waals surface area contributed by atoms with Crippen LogP contribution in [0.3, 0.4) is 0 Å². The number of guanidine groups is 1. The predicted molar refractivity (Wildman–Crippen MR) is 115 cm³/mol. The first kappa shape index (κ1) is 20.4. The molecule has 1 saturated heterocycles. The topological polar surface area (TPSA) is 52.6 Å². The van der Waals surface area contributed by atoms with E-state index in [1.54, 1.807) is 13.1 Å². The van der Waals surface area contributed by atoms with E-state index < -0.39 is 0 Å². The SMILES string of the molecule is CN=C(NCc1cccc(F)c1)NCc1ccnc(N2CCCC2)c1.I. The van der Waals surface area contributed by atoms with Gasteiger partial charge >= 0.3 is 0 Å². The van der Waals surface area contributed by atoms with Crippen LogP contribution in [0.1, 0.15) is 24.0 Å². The molecule has 140 valence electrons. The van der Waals surface area contributed by atoms with E-state index in [2.05, 4.69) is 31.6 Å². The van der Waals surface area contributed by atoms with Gasteiger partial charge in [0.15, 0.2) is 5.96 Å². The largest absolute Gasteiger partial charge is 0.357 e. The van der Waals surface area contributed by atoms with Crippen LogP contribution < -0.4 is 15.5 Å². The highest BCUT2D eigenvalue weighted by molar-refractivity contribution is 14.0. The quantitative estimate of drug-likeness (QED) is 0.401. The lowest BCUT2D eigenvalue weighted by Crippen LogP contribution is -2.36. The monoisotopic (exact) mass is 469 g/mol. The molecule has 1 aromatic heterocycles. The molecular weight excluding hydrogens is 444 g/mol. The number of aromatic nitrogens is 1. The maximum atomic E-state index is 13.2. The standard InChI is InChI=1S/C19H24FN5.HI/c1-21-19(23-13-15-5-4-6-17(20)11-15)24-14-16-7-8-22-18(12-16)25-9-2-3-10-25;/h4-8,11-12H,2-3,9-10,13-14H2,1H3,(H2,21,23,24);1H. The van der Waals surface area contributed by atoms with Crippen LogP contribution in [0.5, 0.6) is 0 Å². The number of halogens is 2. The number of nitrogens with zero attached hydrogens (tertiary/aromatic N) is 3. The molecule has 2 heterocycles. The molecule has 1 fully saturated rings. The van der Waals surface area contributed by atoms with E-state index in [1.165, 1.54) is 25.0 Å². The van der Waals surface area contributed by atoms with Gasteiger partial charge in [-0.05, 0) is 48.2 Å². The Labute approximate surface area is 171 Å². The minimum Gasteiger partial charge on any atom is -0.357 e. The summed E-state index contributed by atoms with van der Waals surface area (Å²) < 4.78 is 13.2. The average molecular weight is 469 g/mol. The Kier molecular flexibility index (Phi) is 8.08. The minimum atomic E-state index is -0.228. The molecular formula is C19H25FIN5. The molecule has 0 amide bonds. The van der Waals surface area contributed by atoms with Gasteiger partial charge in [-0.2, -0.15) is 0 Å². The second-order valence-corrected chi connectivity index (χ2v) is 6.13. The summed E-state index contributed by atoms with van der Waals surface area (Å²) in [5, 5.41) is 6.49. The fourth-order valence-electron chi connectivity index (χ4n) is 2.93. The second-order valence-electron chi connectivity index (χ2n) is 6.13. The fraction of sp³-hybridized carbons (Fsp3) is 0.368. The number of aliphatic imine (C=N–C) groups is 1. The normalized spacial score (nSPS) is 14.1. The molecule has 1 aromatic carbocycles. The van der Waals surface area contributed by atoms with Crippen molar-refractivity contribution >= 4 is 35.8 Å². The molecule has 0 bridgehead atoms. The van der Waals surface area contributed by atoms with E-state index in [1.807, 2.05) is 18.3 Å². The van der Waals surface area contributed by atoms with Gasteiger partial charge in [-0.25, -0.2) is 9.37 Å². The summed E-state index contributed by atoms with van der Waals surface area (Å²) in [4.78, 5) is 11.0. The molecule has 0 aliphatic carbocycles. The van der Waals surface area contributed by atoms with Gasteiger partial charge in [-0.15, -0.1) is 24.0 Å². The van der Waals surface area contributed by atoms with Crippen LogP contribution >= 0.6 is 24.0 Å². The Morgan fingerprint density at radius 1 is 1.12 bits per heavy atom. The maximum absolute atomic E-state index is 13.2. The average Bonchev–Trinajstić information content (AvgIpc) is 3.17. The minimum absolute atomic E-state index is 0. The van der Waals surface area contributed by atoms with Crippen molar-refractivity contribution < 1.29 is 4.39 Å². The molecule has 26 heavy (non-hydrogen) atoms. The van der Waals surface area contributed by atoms with Crippen molar-refractivity contribution in [1.82, 2.24) is 15.6 Å². The van der Waals surface area contributed by atoms with Gasteiger partial charge in [0, 0.05) is 39.4 Å². The van der Waals surface area contributed by atoms with Gasteiger partial charge in [0.2, 0.25) is 0 Å². The van der Waals surface area contributed by atoms with Crippen molar-refractivity contribution in [3.05, 3.63) is 59.5 Å². The van der Waals surface area contributed by atoms with Gasteiger partial charge < -0.3 is 15.5 Å². The zero-order valence-electron chi connectivity index (χ0n) is 14.9. The Balaban J connectivity index is 0.00000243. The highest BCUT2D eigenvalue weighted by Crippen LogP contribution is 2.18. The van der Waals surface area contributed by atoms with Gasteiger partial charge in [0.1, 0.15) is 11.6 Å². The molecule has 2 N–H and O–H groups in total. The van der Waals surface area contributed by atoms with Gasteiger partial charge in [-0.3, -0.25) is 4.99 Å². The summed E-state index contributed by atoms with van der Waals surface area (Å²) >= 11 is 0. The van der Waals surface area contributed by atoms with Crippen LogP contribution in [0, 0.1) is 5.82 Å². The fourth-order valence-corrected chi connectivity index (χ4v) is 2.93. The van der Waals surface area contributed by atoms with Gasteiger partial charge in [0.05, 0.1) is 0 Å². The number of benzene rings is 1. The zero-order valence-corrected chi connectivity index (χ0v) is 17.2. The van der Waals surface area contributed by atoms with E-state index in [4.69, 9.17) is 0 Å². The second kappa shape index (κ2) is 10.3. The Morgan fingerprint density at radius 2 is 1.81 bits per heavy atom. The summed E-state index contributed by atoms with van der Waals surface area (Å²) in [6.07, 6.45) is 4.33. The highest BCUT2D eigenvalue weighted by Gasteiger charge is 2.13. The molecule has 0 spiro atoms. The maximum Gasteiger partial charge on any atom is 0.191 e. The summed E-state index contributed by atoms with van der Waals surface area (Å²) in [5.74, 6) is 1.50. The smallest absolute Gasteiger partial charge is 0.191 e. The van der Waals surface area contributed by atoms with Crippen molar-refractivity contribution in [1.29, 1.82) is 0 Å². The van der Waals surface area contributed by atoms with Gasteiger partial charge in [-0.1, -0.05) is 12.1 Å². The van der Waals surface area contributed by atoms with Crippen molar-refractivity contribution in [3.63, 3.8) is 0 Å². The van der Waals surface area contributed by atoms with Crippen LogP contribution in [-0.4, -0.2) is 31.1 Å². The Bertz CT molecular complexity index is 731. The molecule has 7 heteroatoms. The number of anilines is 1. The lowest BCUT2D eigenvalue weighted by molar-refractivity contribution is 0.624. The molecule has 1 aliphatic heterocycles. The van der Waals surface area contributed by atoms with Crippen LogP contribution in [0.2, 0.25) is 0 Å². The van der Waals surface area contributed by atoms with Crippen LogP contribution in [0.4, 0.5) is 10.2 Å². The molecule has 0 saturated carbocycles. The summed E-state index contributed by atoms with van der Waals surface area (Å²) in [6, 6.07) is 10.7. The lowest BCUT2D eigenvalue weighted by Gasteiger charge is -2.17. The zero-order chi connectivity index (χ0) is 17.5. The van der Waals surface area contributed by atoms with E-state index in [-0.39, 0.29) is 29.8 Å². The molecule has 0 unspecified atom stereocenters. The summed E-state index contributed by atoms with van der Waals surface area (Å²) in [6.45, 7) is 3.35. The predicted octanol–water partition coefficient (Wildman–Crippen LogP) is 3.30. The van der Waals surface area contributed by atoms with E-state index in [0.717, 1.165) is 30.0 Å². The number of rotatable bonds is 5. The van der Waals surface area contributed by atoms with Crippen LogP contribution in [-0.2, 0) is 13.1 Å². The molecule has 5 nitrogen and oxygen atoms in total. The van der Waals surface area contributed by atoms with Crippen molar-refractivity contribution in [3.8, 4) is 0 Å². The molecule has 2 aromatic rings. The third kappa shape index (κ3) is 5.82. The van der Waals surface area contributed by atoms with E-state index in [0.29, 0.717) is 19.0 Å². The van der Waals surface area contributed by atoms with Crippen LogP contribution in [0.25, 0.3) is 0 Å². The molecule has 1 aliphatic rings. The number of nitrogens with one attached hydrogen (secondary N) is 2. The van der Waals surface area contributed by atoms with E-state index >= 15 is 0 Å². The number of pyridine rings is 1. The van der Waals surface area contributed by atoms with Gasteiger partial charge in [0.25, 0.3) is 0 Å². The molecule has 0 radical (unpaired) electrons. The van der Waals surface area contributed by atoms with Crippen molar-refractivity contribution in [2.24, 2.45) is 4.99 Å². The Hall–Kier alpha value is -1.90. The van der Waals surface area contributed by atoms with Crippen LogP contribution in [0.15, 0.2) is 47.6 Å². The highest BCUT2D eigenvalue weighted by atomic mass is 127. The number of hydrogen-bond acceptors (Lipinski definition) is 3. The lowest BCUT2D eigenvalue weighted by atomic mass is 10.2. The van der Waals surface area contributed by atoms with Crippen molar-refractivity contribution in [2.75, 3.05) is 25.0 Å². The summed E-state index contributed by atoms with van der Waals surface area (Å²) in [7, 11) is 1.73. The third-order valence-electron chi connectivity index (χ3n) is 4.27. The van der Waals surface area contributed by atoms with E-state index in [9.17, 15) is 4.39 Å². The first-order valence-corrected chi connectivity index (χ1v) is 8.63.